The number of hydrogen-bond acceptors (Lipinski definition) is 4. The summed E-state index contributed by atoms with van der Waals surface area (Å²) in [5, 5.41) is 17.4. The van der Waals surface area contributed by atoms with Gasteiger partial charge in [-0.2, -0.15) is 0 Å². The van der Waals surface area contributed by atoms with Crippen LogP contribution in [0.5, 0.6) is 0 Å². The highest BCUT2D eigenvalue weighted by Crippen LogP contribution is 2.26. The highest BCUT2D eigenvalue weighted by molar-refractivity contribution is 5.80. The first kappa shape index (κ1) is 21.8. The van der Waals surface area contributed by atoms with Crippen LogP contribution >= 0.6 is 0 Å². The van der Waals surface area contributed by atoms with Gasteiger partial charge in [0.1, 0.15) is 17.1 Å². The third-order valence-electron chi connectivity index (χ3n) is 4.70. The minimum atomic E-state index is -1.06. The van der Waals surface area contributed by atoms with E-state index in [0.717, 1.165) is 34.9 Å². The molecule has 0 saturated heterocycles. The van der Waals surface area contributed by atoms with E-state index >= 15 is 0 Å². The Labute approximate surface area is 168 Å². The quantitative estimate of drug-likeness (QED) is 0.503. The first-order chi connectivity index (χ1) is 13.1. The number of nitrogens with one attached hydrogen (secondary N) is 2. The lowest BCUT2D eigenvalue weighted by atomic mass is 9.96. The minimum Gasteiger partial charge on any atom is -0.466 e. The lowest BCUT2D eigenvalue weighted by molar-refractivity contribution is 0.0601. The van der Waals surface area contributed by atoms with E-state index in [-0.39, 0.29) is 0 Å². The highest BCUT2D eigenvalue weighted by Gasteiger charge is 2.27. The number of rotatable bonds is 7. The maximum Gasteiger partial charge on any atom is 0.191 e. The number of guanidine groups is 1. The van der Waals surface area contributed by atoms with Crippen LogP contribution in [0.3, 0.4) is 0 Å². The van der Waals surface area contributed by atoms with Gasteiger partial charge in [0.05, 0.1) is 13.1 Å². The van der Waals surface area contributed by atoms with E-state index in [1.54, 1.807) is 6.92 Å². The number of aliphatic hydroxyl groups is 1. The van der Waals surface area contributed by atoms with Crippen molar-refractivity contribution in [2.45, 2.75) is 46.8 Å². The zero-order valence-corrected chi connectivity index (χ0v) is 18.2. The highest BCUT2D eigenvalue weighted by atomic mass is 16.3. The number of aliphatic imine (C=N–C) groups is 1. The fraction of sp³-hybridized carbons (Fsp3) is 0.500. The summed E-state index contributed by atoms with van der Waals surface area (Å²) in [5.74, 6) is 2.20. The number of benzene rings is 1. The monoisotopic (exact) mass is 386 g/mol. The molecule has 1 aromatic carbocycles. The fourth-order valence-corrected chi connectivity index (χ4v) is 3.25. The Kier molecular flexibility index (Phi) is 7.13. The van der Waals surface area contributed by atoms with Gasteiger partial charge in [-0.3, -0.25) is 0 Å². The van der Waals surface area contributed by atoms with Crippen molar-refractivity contribution in [3.05, 3.63) is 52.5 Å². The van der Waals surface area contributed by atoms with Crippen LogP contribution < -0.4 is 15.5 Å². The molecule has 0 spiro atoms. The van der Waals surface area contributed by atoms with Gasteiger partial charge in [-0.1, -0.05) is 12.1 Å². The molecule has 0 radical (unpaired) electrons. The summed E-state index contributed by atoms with van der Waals surface area (Å²) in [4.78, 5) is 6.82. The molecular weight excluding hydrogens is 352 g/mol. The molecule has 2 rings (SSSR count). The summed E-state index contributed by atoms with van der Waals surface area (Å²) in [6, 6.07) is 8.27. The van der Waals surface area contributed by atoms with Gasteiger partial charge < -0.3 is 25.1 Å². The standard InChI is InChI=1S/C22H34N4O2/c1-8-23-21(24-13-18-10-9-15(2)11-20(18)26(6)7)25-14-22(5,27)19-12-16(3)28-17(19)4/h9-12,27H,8,13-14H2,1-7H3,(H2,23,24,25). The zero-order chi connectivity index (χ0) is 20.9. The van der Waals surface area contributed by atoms with Crippen LogP contribution in [0.1, 0.15) is 42.1 Å². The molecule has 1 atom stereocenters. The topological polar surface area (TPSA) is 73.0 Å². The summed E-state index contributed by atoms with van der Waals surface area (Å²) in [7, 11) is 4.08. The Morgan fingerprint density at radius 1 is 1.18 bits per heavy atom. The van der Waals surface area contributed by atoms with Crippen molar-refractivity contribution in [2.24, 2.45) is 4.99 Å². The SMILES string of the molecule is CCNC(=NCc1ccc(C)cc1N(C)C)NCC(C)(O)c1cc(C)oc1C. The van der Waals surface area contributed by atoms with Crippen LogP contribution in [0.15, 0.2) is 33.7 Å². The molecule has 154 valence electrons. The van der Waals surface area contributed by atoms with Crippen molar-refractivity contribution >= 4 is 11.6 Å². The van der Waals surface area contributed by atoms with Crippen LogP contribution in [0.2, 0.25) is 0 Å². The zero-order valence-electron chi connectivity index (χ0n) is 18.2. The molecule has 1 unspecified atom stereocenters. The predicted molar refractivity (Wildman–Crippen MR) is 116 cm³/mol. The van der Waals surface area contributed by atoms with Crippen molar-refractivity contribution in [3.63, 3.8) is 0 Å². The average molecular weight is 387 g/mol. The molecule has 0 aliphatic rings. The van der Waals surface area contributed by atoms with Crippen molar-refractivity contribution in [1.82, 2.24) is 10.6 Å². The smallest absolute Gasteiger partial charge is 0.191 e. The lowest BCUT2D eigenvalue weighted by Gasteiger charge is -2.24. The van der Waals surface area contributed by atoms with Crippen molar-refractivity contribution in [1.29, 1.82) is 0 Å². The molecule has 2 aromatic rings. The summed E-state index contributed by atoms with van der Waals surface area (Å²) in [6.45, 7) is 11.3. The summed E-state index contributed by atoms with van der Waals surface area (Å²) < 4.78 is 5.57. The second-order valence-corrected chi connectivity index (χ2v) is 7.68. The Hall–Kier alpha value is -2.47. The molecule has 0 bridgehead atoms. The first-order valence-corrected chi connectivity index (χ1v) is 9.73. The molecule has 6 nitrogen and oxygen atoms in total. The normalized spacial score (nSPS) is 13.9. The second kappa shape index (κ2) is 9.15. The molecule has 0 fully saturated rings. The van der Waals surface area contributed by atoms with Crippen molar-refractivity contribution in [2.75, 3.05) is 32.1 Å². The van der Waals surface area contributed by atoms with Crippen LogP contribution in [0.4, 0.5) is 5.69 Å². The maximum absolute atomic E-state index is 10.9. The molecule has 0 aliphatic carbocycles. The Balaban J connectivity index is 2.14. The van der Waals surface area contributed by atoms with Crippen molar-refractivity contribution in [3.8, 4) is 0 Å². The van der Waals surface area contributed by atoms with E-state index in [1.807, 2.05) is 40.9 Å². The van der Waals surface area contributed by atoms with E-state index in [9.17, 15) is 5.11 Å². The molecule has 0 aliphatic heterocycles. The van der Waals surface area contributed by atoms with Gasteiger partial charge in [0, 0.05) is 31.9 Å². The Morgan fingerprint density at radius 2 is 1.89 bits per heavy atom. The fourth-order valence-electron chi connectivity index (χ4n) is 3.25. The number of hydrogen-bond donors (Lipinski definition) is 3. The van der Waals surface area contributed by atoms with E-state index in [2.05, 4.69) is 40.7 Å². The van der Waals surface area contributed by atoms with Crippen molar-refractivity contribution < 1.29 is 9.52 Å². The summed E-state index contributed by atoms with van der Waals surface area (Å²) in [5.41, 5.74) is 3.28. The van der Waals surface area contributed by atoms with Gasteiger partial charge in [0.2, 0.25) is 0 Å². The number of nitrogens with zero attached hydrogens (tertiary/aromatic N) is 2. The van der Waals surface area contributed by atoms with Crippen LogP contribution in [-0.4, -0.2) is 38.3 Å². The van der Waals surface area contributed by atoms with Gasteiger partial charge in [-0.25, -0.2) is 4.99 Å². The van der Waals surface area contributed by atoms with Crippen LogP contribution in [0.25, 0.3) is 0 Å². The largest absolute Gasteiger partial charge is 0.466 e. The number of furan rings is 1. The number of anilines is 1. The lowest BCUT2D eigenvalue weighted by Crippen LogP contribution is -2.44. The Bertz CT molecular complexity index is 822. The molecule has 28 heavy (non-hydrogen) atoms. The molecule has 1 heterocycles. The van der Waals surface area contributed by atoms with Gasteiger partial charge >= 0.3 is 0 Å². The predicted octanol–water partition coefficient (Wildman–Crippen LogP) is 3.23. The van der Waals surface area contributed by atoms with E-state index in [0.29, 0.717) is 19.0 Å². The minimum absolute atomic E-state index is 0.326. The van der Waals surface area contributed by atoms with E-state index in [4.69, 9.17) is 9.41 Å². The maximum atomic E-state index is 10.9. The third kappa shape index (κ3) is 5.52. The molecule has 6 heteroatoms. The van der Waals surface area contributed by atoms with Crippen LogP contribution in [-0.2, 0) is 12.1 Å². The van der Waals surface area contributed by atoms with Gasteiger partial charge in [0.25, 0.3) is 0 Å². The molecular formula is C22H34N4O2. The first-order valence-electron chi connectivity index (χ1n) is 9.73. The molecule has 3 N–H and O–H groups in total. The molecule has 0 amide bonds. The average Bonchev–Trinajstić information content (AvgIpc) is 2.97. The van der Waals surface area contributed by atoms with Gasteiger partial charge in [0.15, 0.2) is 5.96 Å². The summed E-state index contributed by atoms with van der Waals surface area (Å²) in [6.07, 6.45) is 0. The summed E-state index contributed by atoms with van der Waals surface area (Å²) >= 11 is 0. The third-order valence-corrected chi connectivity index (χ3v) is 4.70. The van der Waals surface area contributed by atoms with Gasteiger partial charge in [-0.15, -0.1) is 0 Å². The van der Waals surface area contributed by atoms with E-state index in [1.165, 1.54) is 5.56 Å². The second-order valence-electron chi connectivity index (χ2n) is 7.68. The Morgan fingerprint density at radius 3 is 2.46 bits per heavy atom. The van der Waals surface area contributed by atoms with E-state index < -0.39 is 5.60 Å². The van der Waals surface area contributed by atoms with Gasteiger partial charge in [-0.05, 0) is 57.9 Å². The molecule has 0 saturated carbocycles. The molecule has 1 aromatic heterocycles. The number of aryl methyl sites for hydroxylation is 3. The van der Waals surface area contributed by atoms with Crippen LogP contribution in [0, 0.1) is 20.8 Å².